The number of carbonyl (C=O) groups excluding carboxylic acids is 1. The van der Waals surface area contributed by atoms with Crippen molar-refractivity contribution in [3.05, 3.63) is 17.8 Å². The van der Waals surface area contributed by atoms with E-state index >= 15 is 0 Å². The number of hydrogen-bond donors (Lipinski definition) is 0. The second kappa shape index (κ2) is 11.1. The number of fused-ring (bicyclic) bond motifs is 1. The van der Waals surface area contributed by atoms with Gasteiger partial charge in [0, 0.05) is 11.8 Å². The highest BCUT2D eigenvalue weighted by atomic mass is 32.2. The van der Waals surface area contributed by atoms with Gasteiger partial charge in [0.15, 0.2) is 10.8 Å². The van der Waals surface area contributed by atoms with Gasteiger partial charge in [-0.25, -0.2) is 19.7 Å². The summed E-state index contributed by atoms with van der Waals surface area (Å²) in [5, 5.41) is 1.50. The lowest BCUT2D eigenvalue weighted by Crippen LogP contribution is -2.43. The van der Waals surface area contributed by atoms with Gasteiger partial charge < -0.3 is 4.74 Å². The monoisotopic (exact) mass is 524 g/mol. The molecular formula is C28H40N4O2SSi. The minimum absolute atomic E-state index is 0.00340. The van der Waals surface area contributed by atoms with Crippen LogP contribution < -0.4 is 4.90 Å². The van der Waals surface area contributed by atoms with Gasteiger partial charge in [-0.15, -0.1) is 5.54 Å². The van der Waals surface area contributed by atoms with Crippen LogP contribution in [0.25, 0.3) is 11.0 Å². The van der Waals surface area contributed by atoms with Gasteiger partial charge in [0.05, 0.1) is 11.4 Å². The van der Waals surface area contributed by atoms with E-state index in [1.807, 2.05) is 18.5 Å². The number of carbonyl (C=O) groups is 1. The van der Waals surface area contributed by atoms with E-state index in [0.29, 0.717) is 45.8 Å². The molecule has 1 aliphatic heterocycles. The topological polar surface area (TPSA) is 68.2 Å². The van der Waals surface area contributed by atoms with Gasteiger partial charge in [0.25, 0.3) is 0 Å². The number of rotatable bonds is 7. The third-order valence-corrected chi connectivity index (χ3v) is 15.1. The average molecular weight is 525 g/mol. The molecule has 8 heteroatoms. The maximum atomic E-state index is 12.9. The number of hydrogen-bond acceptors (Lipinski definition) is 6. The molecule has 1 amide bonds. The van der Waals surface area contributed by atoms with Crippen LogP contribution in [0.1, 0.15) is 79.2 Å². The molecule has 1 unspecified atom stereocenters. The normalized spacial score (nSPS) is 19.0. The van der Waals surface area contributed by atoms with Gasteiger partial charge >= 0.3 is 6.09 Å². The Morgan fingerprint density at radius 1 is 1.11 bits per heavy atom. The second-order valence-electron chi connectivity index (χ2n) is 11.3. The number of aromatic nitrogens is 3. The van der Waals surface area contributed by atoms with Crippen LogP contribution in [0.5, 0.6) is 0 Å². The summed E-state index contributed by atoms with van der Waals surface area (Å²) in [5.41, 5.74) is 6.85. The molecule has 4 rings (SSSR count). The lowest BCUT2D eigenvalue weighted by Gasteiger charge is -2.38. The van der Waals surface area contributed by atoms with Crippen LogP contribution in [-0.4, -0.2) is 48.0 Å². The van der Waals surface area contributed by atoms with Gasteiger partial charge in [0.1, 0.15) is 20.5 Å². The van der Waals surface area contributed by atoms with Crippen LogP contribution in [0.2, 0.25) is 16.6 Å². The van der Waals surface area contributed by atoms with E-state index in [4.69, 9.17) is 14.7 Å². The van der Waals surface area contributed by atoms with Crippen LogP contribution in [0.4, 0.5) is 10.6 Å². The zero-order chi connectivity index (χ0) is 26.0. The van der Waals surface area contributed by atoms with Crippen molar-refractivity contribution in [2.24, 2.45) is 5.92 Å². The zero-order valence-corrected chi connectivity index (χ0v) is 24.6. The summed E-state index contributed by atoms with van der Waals surface area (Å²) in [6, 6.07) is 1.97. The third-order valence-electron chi connectivity index (χ3n) is 8.28. The van der Waals surface area contributed by atoms with E-state index in [1.54, 1.807) is 4.90 Å². The Labute approximate surface area is 221 Å². The van der Waals surface area contributed by atoms with Gasteiger partial charge in [-0.1, -0.05) is 84.9 Å². The Hall–Kier alpha value is -2.11. The molecule has 1 atom stereocenters. The van der Waals surface area contributed by atoms with E-state index < -0.39 is 8.07 Å². The maximum absolute atomic E-state index is 12.9. The average Bonchev–Trinajstić information content (AvgIpc) is 3.47. The Bertz CT molecular complexity index is 1150. The van der Waals surface area contributed by atoms with Gasteiger partial charge in [-0.2, -0.15) is 0 Å². The SMILES string of the molecule is CSc1ncc2c(C#C[Si](C(C)C)(C(C)C)C(C)C)cc(N3C(=O)OCC3CC3CCCC3)nc2n1. The van der Waals surface area contributed by atoms with Crippen molar-refractivity contribution in [2.45, 2.75) is 101 Å². The first-order valence-corrected chi connectivity index (χ1v) is 16.8. The Balaban J connectivity index is 1.83. The number of nitrogens with zero attached hydrogens (tertiary/aromatic N) is 4. The molecular weight excluding hydrogens is 484 g/mol. The molecule has 1 saturated carbocycles. The van der Waals surface area contributed by atoms with Crippen molar-refractivity contribution in [1.82, 2.24) is 15.0 Å². The first kappa shape index (κ1) is 26.9. The molecule has 194 valence electrons. The Morgan fingerprint density at radius 2 is 1.78 bits per heavy atom. The molecule has 0 N–H and O–H groups in total. The van der Waals surface area contributed by atoms with Gasteiger partial charge in [-0.05, 0) is 41.3 Å². The highest BCUT2D eigenvalue weighted by Crippen LogP contribution is 2.41. The first-order valence-electron chi connectivity index (χ1n) is 13.4. The largest absolute Gasteiger partial charge is 0.447 e. The number of pyridine rings is 1. The fourth-order valence-corrected chi connectivity index (χ4v) is 12.0. The lowest BCUT2D eigenvalue weighted by atomic mass is 9.98. The molecule has 2 fully saturated rings. The van der Waals surface area contributed by atoms with E-state index in [-0.39, 0.29) is 12.1 Å². The van der Waals surface area contributed by atoms with Crippen LogP contribution in [0.15, 0.2) is 17.4 Å². The minimum Gasteiger partial charge on any atom is -0.447 e. The quantitative estimate of drug-likeness (QED) is 0.165. The lowest BCUT2D eigenvalue weighted by molar-refractivity contribution is 0.177. The van der Waals surface area contributed by atoms with Gasteiger partial charge in [-0.3, -0.25) is 4.90 Å². The number of anilines is 1. The molecule has 0 aromatic carbocycles. The van der Waals surface area contributed by atoms with E-state index in [9.17, 15) is 4.79 Å². The van der Waals surface area contributed by atoms with Crippen molar-refractivity contribution in [3.8, 4) is 11.5 Å². The summed E-state index contributed by atoms with van der Waals surface area (Å²) in [7, 11) is -1.95. The molecule has 3 heterocycles. The van der Waals surface area contributed by atoms with E-state index in [0.717, 1.165) is 17.4 Å². The number of thioether (sulfide) groups is 1. The number of ether oxygens (including phenoxy) is 1. The molecule has 0 bridgehead atoms. The van der Waals surface area contributed by atoms with E-state index in [1.165, 1.54) is 37.4 Å². The van der Waals surface area contributed by atoms with Crippen molar-refractivity contribution in [1.29, 1.82) is 0 Å². The van der Waals surface area contributed by atoms with Crippen molar-refractivity contribution in [3.63, 3.8) is 0 Å². The van der Waals surface area contributed by atoms with Crippen LogP contribution in [0, 0.1) is 17.4 Å². The Kier molecular flexibility index (Phi) is 8.31. The Morgan fingerprint density at radius 3 is 2.39 bits per heavy atom. The predicted molar refractivity (Wildman–Crippen MR) is 151 cm³/mol. The molecule has 6 nitrogen and oxygen atoms in total. The molecule has 0 radical (unpaired) electrons. The second-order valence-corrected chi connectivity index (χ2v) is 17.6. The molecule has 0 spiro atoms. The molecule has 36 heavy (non-hydrogen) atoms. The molecule has 1 saturated heterocycles. The standard InChI is InChI=1S/C28H40N4O2SSi/c1-18(2)36(19(3)4,20(5)6)13-12-22-15-25(30-26-24(22)16-29-27(31-26)35-7)32-23(17-34-28(32)33)14-21-10-8-9-11-21/h15-16,18-21,23H,8-11,14,17H2,1-7H3. The molecule has 2 aromatic heterocycles. The smallest absolute Gasteiger partial charge is 0.415 e. The highest BCUT2D eigenvalue weighted by Gasteiger charge is 2.42. The summed E-state index contributed by atoms with van der Waals surface area (Å²) in [4.78, 5) is 28.7. The van der Waals surface area contributed by atoms with Gasteiger partial charge in [0.2, 0.25) is 0 Å². The summed E-state index contributed by atoms with van der Waals surface area (Å²) in [5.74, 6) is 4.82. The fourth-order valence-electron chi connectivity index (χ4n) is 6.46. The van der Waals surface area contributed by atoms with Crippen LogP contribution in [0.3, 0.4) is 0 Å². The zero-order valence-electron chi connectivity index (χ0n) is 22.8. The number of amides is 1. The molecule has 1 aliphatic carbocycles. The summed E-state index contributed by atoms with van der Waals surface area (Å²) in [6.45, 7) is 14.3. The number of cyclic esters (lactones) is 1. The highest BCUT2D eigenvalue weighted by molar-refractivity contribution is 7.98. The van der Waals surface area contributed by atoms with Crippen LogP contribution in [-0.2, 0) is 4.74 Å². The predicted octanol–water partition coefficient (Wildman–Crippen LogP) is 7.22. The summed E-state index contributed by atoms with van der Waals surface area (Å²) in [6.07, 6.45) is 9.44. The van der Waals surface area contributed by atoms with Crippen molar-refractivity contribution in [2.75, 3.05) is 17.8 Å². The molecule has 2 aliphatic rings. The third kappa shape index (κ3) is 5.15. The summed E-state index contributed by atoms with van der Waals surface area (Å²) >= 11 is 1.48. The van der Waals surface area contributed by atoms with Crippen molar-refractivity contribution < 1.29 is 9.53 Å². The molecule has 2 aromatic rings. The minimum atomic E-state index is -1.95. The van der Waals surface area contributed by atoms with Crippen molar-refractivity contribution >= 4 is 42.8 Å². The van der Waals surface area contributed by atoms with E-state index in [2.05, 4.69) is 58.0 Å². The van der Waals surface area contributed by atoms with Crippen LogP contribution >= 0.6 is 11.8 Å². The maximum Gasteiger partial charge on any atom is 0.415 e. The summed E-state index contributed by atoms with van der Waals surface area (Å²) < 4.78 is 5.53. The fraction of sp³-hybridized carbons (Fsp3) is 0.643. The first-order chi connectivity index (χ1) is 17.2.